The lowest BCUT2D eigenvalue weighted by atomic mass is 10.2. The number of carbonyl (C=O) groups excluding carboxylic acids is 1. The predicted octanol–water partition coefficient (Wildman–Crippen LogP) is 2.08. The first-order valence-corrected chi connectivity index (χ1v) is 8.62. The monoisotopic (exact) mass is 336 g/mol. The first-order valence-electron chi connectivity index (χ1n) is 7.74. The quantitative estimate of drug-likeness (QED) is 0.879. The van der Waals surface area contributed by atoms with Gasteiger partial charge in [0, 0.05) is 49.5 Å². The molecule has 2 aromatic rings. The molecule has 7 heteroatoms. The molecule has 0 radical (unpaired) electrons. The standard InChI is InChI=1S/C16H21FN4OS/c1-20(16(22)8-13-4-5-18-19-13)10-14-7-12(17)9-21(14)11-15-3-2-6-23-15/h2-6,12,14H,7-11H2,1H3,(H,18,19)/t12-,14-/m0/s1. The van der Waals surface area contributed by atoms with Crippen LogP contribution in [-0.2, 0) is 17.8 Å². The lowest BCUT2D eigenvalue weighted by molar-refractivity contribution is -0.129. The normalized spacial score (nSPS) is 21.7. The second-order valence-corrected chi connectivity index (χ2v) is 7.06. The molecule has 0 bridgehead atoms. The predicted molar refractivity (Wildman–Crippen MR) is 88.0 cm³/mol. The van der Waals surface area contributed by atoms with Gasteiger partial charge < -0.3 is 4.90 Å². The van der Waals surface area contributed by atoms with Crippen molar-refractivity contribution in [2.45, 2.75) is 31.6 Å². The van der Waals surface area contributed by atoms with E-state index in [2.05, 4.69) is 21.2 Å². The van der Waals surface area contributed by atoms with Crippen LogP contribution in [0.2, 0.25) is 0 Å². The van der Waals surface area contributed by atoms with E-state index >= 15 is 0 Å². The van der Waals surface area contributed by atoms with Gasteiger partial charge in [-0.05, 0) is 23.9 Å². The van der Waals surface area contributed by atoms with E-state index in [4.69, 9.17) is 0 Å². The topological polar surface area (TPSA) is 52.2 Å². The third kappa shape index (κ3) is 4.17. The molecular weight excluding hydrogens is 315 g/mol. The maximum atomic E-state index is 13.9. The molecule has 3 rings (SSSR count). The Morgan fingerprint density at radius 1 is 1.57 bits per heavy atom. The van der Waals surface area contributed by atoms with Crippen LogP contribution < -0.4 is 0 Å². The zero-order valence-corrected chi connectivity index (χ0v) is 13.9. The molecule has 1 N–H and O–H groups in total. The number of likely N-dealkylation sites (tertiary alicyclic amines) is 1. The average molecular weight is 336 g/mol. The Hall–Kier alpha value is -1.73. The fourth-order valence-electron chi connectivity index (χ4n) is 3.01. The molecule has 0 unspecified atom stereocenters. The Labute approximate surface area is 139 Å². The fourth-order valence-corrected chi connectivity index (χ4v) is 3.74. The van der Waals surface area contributed by atoms with Crippen LogP contribution in [0.4, 0.5) is 4.39 Å². The number of likely N-dealkylation sites (N-methyl/N-ethyl adjacent to an activating group) is 1. The van der Waals surface area contributed by atoms with Gasteiger partial charge in [0.2, 0.25) is 5.91 Å². The van der Waals surface area contributed by atoms with Gasteiger partial charge in [-0.1, -0.05) is 6.07 Å². The molecule has 3 heterocycles. The highest BCUT2D eigenvalue weighted by Gasteiger charge is 2.33. The second kappa shape index (κ2) is 7.23. The van der Waals surface area contributed by atoms with Crippen LogP contribution in [0, 0.1) is 0 Å². The number of halogens is 1. The zero-order valence-electron chi connectivity index (χ0n) is 13.1. The van der Waals surface area contributed by atoms with Crippen molar-refractivity contribution in [3.05, 3.63) is 40.3 Å². The number of rotatable bonds is 6. The molecule has 1 aliphatic heterocycles. The summed E-state index contributed by atoms with van der Waals surface area (Å²) in [6.45, 7) is 1.76. The molecule has 23 heavy (non-hydrogen) atoms. The van der Waals surface area contributed by atoms with E-state index in [1.165, 1.54) is 4.88 Å². The van der Waals surface area contributed by atoms with E-state index in [9.17, 15) is 9.18 Å². The van der Waals surface area contributed by atoms with Crippen LogP contribution in [0.5, 0.6) is 0 Å². The SMILES string of the molecule is CN(C[C@@H]1C[C@H](F)CN1Cc1cccs1)C(=O)Cc1ccn[nH]1. The number of aromatic amines is 1. The summed E-state index contributed by atoms with van der Waals surface area (Å²) in [6, 6.07) is 5.95. The Kier molecular flexibility index (Phi) is 5.07. The van der Waals surface area contributed by atoms with Gasteiger partial charge in [-0.25, -0.2) is 4.39 Å². The third-order valence-corrected chi connectivity index (χ3v) is 5.09. The highest BCUT2D eigenvalue weighted by atomic mass is 32.1. The summed E-state index contributed by atoms with van der Waals surface area (Å²) in [4.78, 5) is 17.4. The minimum Gasteiger partial charge on any atom is -0.344 e. The van der Waals surface area contributed by atoms with Crippen molar-refractivity contribution in [1.82, 2.24) is 20.0 Å². The van der Waals surface area contributed by atoms with Crippen LogP contribution in [0.3, 0.4) is 0 Å². The van der Waals surface area contributed by atoms with Crippen molar-refractivity contribution in [2.24, 2.45) is 0 Å². The summed E-state index contributed by atoms with van der Waals surface area (Å²) in [5.74, 6) is 0.0210. The molecule has 1 fully saturated rings. The number of aromatic nitrogens is 2. The number of alkyl halides is 1. The number of nitrogens with zero attached hydrogens (tertiary/aromatic N) is 3. The summed E-state index contributed by atoms with van der Waals surface area (Å²) in [6.07, 6.45) is 1.62. The summed E-state index contributed by atoms with van der Waals surface area (Å²) in [7, 11) is 1.79. The van der Waals surface area contributed by atoms with E-state index in [0.29, 0.717) is 25.9 Å². The molecule has 1 amide bonds. The molecule has 0 aromatic carbocycles. The van der Waals surface area contributed by atoms with Crippen molar-refractivity contribution in [3.8, 4) is 0 Å². The molecule has 2 atom stereocenters. The maximum Gasteiger partial charge on any atom is 0.228 e. The molecule has 2 aromatic heterocycles. The Morgan fingerprint density at radius 3 is 3.13 bits per heavy atom. The van der Waals surface area contributed by atoms with Gasteiger partial charge in [0.1, 0.15) is 6.17 Å². The Morgan fingerprint density at radius 2 is 2.43 bits per heavy atom. The molecule has 124 valence electrons. The van der Waals surface area contributed by atoms with Crippen LogP contribution in [0.25, 0.3) is 0 Å². The fraction of sp³-hybridized carbons (Fsp3) is 0.500. The van der Waals surface area contributed by atoms with Crippen molar-refractivity contribution in [3.63, 3.8) is 0 Å². The van der Waals surface area contributed by atoms with Gasteiger partial charge in [0.25, 0.3) is 0 Å². The van der Waals surface area contributed by atoms with Crippen LogP contribution in [0.1, 0.15) is 17.0 Å². The maximum absolute atomic E-state index is 13.9. The number of carbonyl (C=O) groups is 1. The number of amides is 1. The molecule has 0 spiro atoms. The minimum atomic E-state index is -0.809. The van der Waals surface area contributed by atoms with Gasteiger partial charge >= 0.3 is 0 Å². The first-order chi connectivity index (χ1) is 11.1. The highest BCUT2D eigenvalue weighted by molar-refractivity contribution is 7.09. The summed E-state index contributed by atoms with van der Waals surface area (Å²) >= 11 is 1.69. The number of hydrogen-bond donors (Lipinski definition) is 1. The van der Waals surface area contributed by atoms with E-state index < -0.39 is 6.17 Å². The van der Waals surface area contributed by atoms with Crippen LogP contribution in [0.15, 0.2) is 29.8 Å². The molecule has 5 nitrogen and oxygen atoms in total. The number of H-pyrrole nitrogens is 1. The second-order valence-electron chi connectivity index (χ2n) is 6.03. The van der Waals surface area contributed by atoms with Gasteiger partial charge in [-0.15, -0.1) is 11.3 Å². The molecule has 0 saturated carbocycles. The van der Waals surface area contributed by atoms with Crippen molar-refractivity contribution in [2.75, 3.05) is 20.1 Å². The van der Waals surface area contributed by atoms with Crippen LogP contribution in [-0.4, -0.2) is 58.3 Å². The largest absolute Gasteiger partial charge is 0.344 e. The average Bonchev–Trinajstić information content (AvgIpc) is 3.23. The molecular formula is C16H21FN4OS. The molecule has 0 aliphatic carbocycles. The summed E-state index contributed by atoms with van der Waals surface area (Å²) in [5, 5.41) is 8.68. The Bertz CT molecular complexity index is 616. The number of nitrogens with one attached hydrogen (secondary N) is 1. The summed E-state index contributed by atoms with van der Waals surface area (Å²) in [5.41, 5.74) is 0.798. The molecule has 1 aliphatic rings. The van der Waals surface area contributed by atoms with Crippen molar-refractivity contribution in [1.29, 1.82) is 0 Å². The third-order valence-electron chi connectivity index (χ3n) is 4.23. The van der Waals surface area contributed by atoms with Crippen LogP contribution >= 0.6 is 11.3 Å². The van der Waals surface area contributed by atoms with Gasteiger partial charge in [-0.2, -0.15) is 5.10 Å². The minimum absolute atomic E-state index is 0.0210. The van der Waals surface area contributed by atoms with Crippen molar-refractivity contribution >= 4 is 17.2 Å². The molecule has 1 saturated heterocycles. The van der Waals surface area contributed by atoms with Crippen molar-refractivity contribution < 1.29 is 9.18 Å². The van der Waals surface area contributed by atoms with E-state index in [1.807, 2.05) is 11.4 Å². The summed E-state index contributed by atoms with van der Waals surface area (Å²) < 4.78 is 13.9. The highest BCUT2D eigenvalue weighted by Crippen LogP contribution is 2.24. The van der Waals surface area contributed by atoms with E-state index in [1.54, 1.807) is 35.5 Å². The first kappa shape index (κ1) is 16.1. The number of thiophene rings is 1. The van der Waals surface area contributed by atoms with E-state index in [-0.39, 0.29) is 11.9 Å². The lowest BCUT2D eigenvalue weighted by Crippen LogP contribution is -2.41. The van der Waals surface area contributed by atoms with Gasteiger partial charge in [0.15, 0.2) is 0 Å². The van der Waals surface area contributed by atoms with Gasteiger partial charge in [0.05, 0.1) is 6.42 Å². The Balaban J connectivity index is 1.57. The smallest absolute Gasteiger partial charge is 0.228 e. The lowest BCUT2D eigenvalue weighted by Gasteiger charge is -2.28. The van der Waals surface area contributed by atoms with E-state index in [0.717, 1.165) is 12.2 Å². The number of hydrogen-bond acceptors (Lipinski definition) is 4. The van der Waals surface area contributed by atoms with Gasteiger partial charge in [-0.3, -0.25) is 14.8 Å². The zero-order chi connectivity index (χ0) is 16.2.